The lowest BCUT2D eigenvalue weighted by Gasteiger charge is -2.25. The fraction of sp³-hybridized carbons (Fsp3) is 0.500. The Balaban J connectivity index is 2.37. The summed E-state index contributed by atoms with van der Waals surface area (Å²) in [7, 11) is 0. The van der Waals surface area contributed by atoms with Gasteiger partial charge in [0.2, 0.25) is 0 Å². The smallest absolute Gasteiger partial charge is 0.309 e. The number of aliphatic hydroxyl groups excluding tert-OH is 1. The maximum absolute atomic E-state index is 11.3. The average molecular weight is 345 g/mol. The van der Waals surface area contributed by atoms with Gasteiger partial charge in [0.1, 0.15) is 13.2 Å². The van der Waals surface area contributed by atoms with Crippen molar-refractivity contribution in [3.8, 4) is 11.5 Å². The van der Waals surface area contributed by atoms with Crippen LogP contribution in [0, 0.1) is 11.8 Å². The van der Waals surface area contributed by atoms with Gasteiger partial charge >= 0.3 is 5.97 Å². The minimum atomic E-state index is -1.10. The summed E-state index contributed by atoms with van der Waals surface area (Å²) in [5.74, 6) is -0.964. The van der Waals surface area contributed by atoms with Gasteiger partial charge in [0.15, 0.2) is 11.5 Å². The second kappa shape index (κ2) is 6.01. The minimum absolute atomic E-state index is 0.186. The highest BCUT2D eigenvalue weighted by atomic mass is 79.9. The fourth-order valence-electron chi connectivity index (χ4n) is 2.29. The van der Waals surface area contributed by atoms with Crippen LogP contribution in [0.5, 0.6) is 11.5 Å². The third kappa shape index (κ3) is 2.91. The van der Waals surface area contributed by atoms with Crippen LogP contribution >= 0.6 is 15.9 Å². The van der Waals surface area contributed by atoms with Crippen LogP contribution in [0.2, 0.25) is 0 Å². The molecule has 0 saturated carbocycles. The highest BCUT2D eigenvalue weighted by Crippen LogP contribution is 2.41. The first-order chi connectivity index (χ1) is 9.41. The molecule has 110 valence electrons. The summed E-state index contributed by atoms with van der Waals surface area (Å²) in [5, 5.41) is 19.6. The van der Waals surface area contributed by atoms with E-state index in [4.69, 9.17) is 9.47 Å². The molecule has 5 nitrogen and oxygen atoms in total. The molecule has 0 radical (unpaired) electrons. The normalized spacial score (nSPS) is 16.9. The van der Waals surface area contributed by atoms with Crippen molar-refractivity contribution in [2.24, 2.45) is 11.8 Å². The SMILES string of the molecule is CC(C)C(C(=O)O)C(O)c1cc(Br)c2c(c1)OCCO2. The van der Waals surface area contributed by atoms with E-state index in [2.05, 4.69) is 15.9 Å². The number of benzene rings is 1. The maximum Gasteiger partial charge on any atom is 0.309 e. The summed E-state index contributed by atoms with van der Waals surface area (Å²) in [6.07, 6.45) is -1.10. The van der Waals surface area contributed by atoms with Crippen molar-refractivity contribution in [1.29, 1.82) is 0 Å². The number of rotatable bonds is 4. The van der Waals surface area contributed by atoms with Crippen molar-refractivity contribution < 1.29 is 24.5 Å². The zero-order chi connectivity index (χ0) is 14.9. The predicted molar refractivity (Wildman–Crippen MR) is 76.1 cm³/mol. The lowest BCUT2D eigenvalue weighted by Crippen LogP contribution is -2.27. The molecule has 0 amide bonds. The number of hydrogen-bond donors (Lipinski definition) is 2. The van der Waals surface area contributed by atoms with Crippen LogP contribution in [-0.2, 0) is 4.79 Å². The van der Waals surface area contributed by atoms with Gasteiger partial charge in [-0.05, 0) is 39.5 Å². The number of fused-ring (bicyclic) bond motifs is 1. The molecule has 2 rings (SSSR count). The van der Waals surface area contributed by atoms with Crippen molar-refractivity contribution in [1.82, 2.24) is 0 Å². The van der Waals surface area contributed by atoms with Crippen molar-refractivity contribution in [3.05, 3.63) is 22.2 Å². The summed E-state index contributed by atoms with van der Waals surface area (Å²) >= 11 is 3.36. The van der Waals surface area contributed by atoms with E-state index in [9.17, 15) is 15.0 Å². The molecule has 0 bridgehead atoms. The van der Waals surface area contributed by atoms with Gasteiger partial charge in [-0.1, -0.05) is 13.8 Å². The molecular formula is C14H17BrO5. The number of ether oxygens (including phenoxy) is 2. The largest absolute Gasteiger partial charge is 0.486 e. The number of carboxylic acid groups (broad SMARTS) is 1. The van der Waals surface area contributed by atoms with Gasteiger partial charge in [0.25, 0.3) is 0 Å². The molecule has 0 saturated heterocycles. The topological polar surface area (TPSA) is 76.0 Å². The fourth-order valence-corrected chi connectivity index (χ4v) is 2.87. The molecule has 6 heteroatoms. The number of carbonyl (C=O) groups is 1. The molecular weight excluding hydrogens is 328 g/mol. The molecule has 1 aliphatic heterocycles. The Labute approximate surface area is 125 Å². The Hall–Kier alpha value is -1.27. The molecule has 0 fully saturated rings. The van der Waals surface area contributed by atoms with Crippen LogP contribution in [0.1, 0.15) is 25.5 Å². The lowest BCUT2D eigenvalue weighted by molar-refractivity contribution is -0.148. The molecule has 1 aromatic carbocycles. The molecule has 0 aromatic heterocycles. The first-order valence-electron chi connectivity index (χ1n) is 6.41. The van der Waals surface area contributed by atoms with Gasteiger partial charge in [0, 0.05) is 0 Å². The van der Waals surface area contributed by atoms with Gasteiger partial charge in [-0.25, -0.2) is 0 Å². The number of aliphatic hydroxyl groups is 1. The summed E-state index contributed by atoms with van der Waals surface area (Å²) in [5.41, 5.74) is 0.502. The van der Waals surface area contributed by atoms with E-state index in [-0.39, 0.29) is 5.92 Å². The first kappa shape index (κ1) is 15.1. The monoisotopic (exact) mass is 344 g/mol. The Morgan fingerprint density at radius 1 is 1.30 bits per heavy atom. The van der Waals surface area contributed by atoms with E-state index >= 15 is 0 Å². The molecule has 2 atom stereocenters. The summed E-state index contributed by atoms with van der Waals surface area (Å²) in [6, 6.07) is 3.32. The van der Waals surface area contributed by atoms with Gasteiger partial charge in [-0.3, -0.25) is 4.79 Å². The minimum Gasteiger partial charge on any atom is -0.486 e. The maximum atomic E-state index is 11.3. The molecule has 20 heavy (non-hydrogen) atoms. The van der Waals surface area contributed by atoms with Crippen LogP contribution < -0.4 is 9.47 Å². The van der Waals surface area contributed by atoms with Crippen molar-refractivity contribution in [2.45, 2.75) is 20.0 Å². The summed E-state index contributed by atoms with van der Waals surface area (Å²) < 4.78 is 11.6. The van der Waals surface area contributed by atoms with Crippen LogP contribution in [0.15, 0.2) is 16.6 Å². The van der Waals surface area contributed by atoms with Crippen molar-refractivity contribution in [3.63, 3.8) is 0 Å². The Bertz CT molecular complexity index is 515. The van der Waals surface area contributed by atoms with Crippen LogP contribution in [0.3, 0.4) is 0 Å². The Kier molecular flexibility index (Phi) is 4.55. The molecule has 0 aliphatic carbocycles. The zero-order valence-electron chi connectivity index (χ0n) is 11.3. The van der Waals surface area contributed by atoms with E-state index in [1.54, 1.807) is 26.0 Å². The quantitative estimate of drug-likeness (QED) is 0.877. The highest BCUT2D eigenvalue weighted by Gasteiger charge is 2.32. The van der Waals surface area contributed by atoms with Gasteiger partial charge in [-0.2, -0.15) is 0 Å². The van der Waals surface area contributed by atoms with E-state index in [0.29, 0.717) is 34.7 Å². The number of carboxylic acids is 1. The van der Waals surface area contributed by atoms with E-state index in [1.165, 1.54) is 0 Å². The third-order valence-electron chi connectivity index (χ3n) is 3.30. The van der Waals surface area contributed by atoms with Gasteiger partial charge in [-0.15, -0.1) is 0 Å². The number of halogens is 1. The van der Waals surface area contributed by atoms with Crippen LogP contribution in [0.25, 0.3) is 0 Å². The standard InChI is InChI=1S/C14H17BrO5/c1-7(2)11(14(17)18)12(16)8-5-9(15)13-10(6-8)19-3-4-20-13/h5-7,11-12,16H,3-4H2,1-2H3,(H,17,18). The van der Waals surface area contributed by atoms with E-state index in [0.717, 1.165) is 0 Å². The molecule has 1 aliphatic rings. The second-order valence-corrected chi connectivity index (χ2v) is 5.93. The molecule has 1 aromatic rings. The van der Waals surface area contributed by atoms with Crippen LogP contribution in [0.4, 0.5) is 0 Å². The molecule has 2 N–H and O–H groups in total. The highest BCUT2D eigenvalue weighted by molar-refractivity contribution is 9.10. The average Bonchev–Trinajstić information content (AvgIpc) is 2.37. The van der Waals surface area contributed by atoms with E-state index in [1.807, 2.05) is 0 Å². The number of aliphatic carboxylic acids is 1. The summed E-state index contributed by atoms with van der Waals surface area (Å²) in [6.45, 7) is 4.45. The van der Waals surface area contributed by atoms with Crippen molar-refractivity contribution in [2.75, 3.05) is 13.2 Å². The summed E-state index contributed by atoms with van der Waals surface area (Å²) in [4.78, 5) is 11.3. The van der Waals surface area contributed by atoms with E-state index < -0.39 is 18.0 Å². The van der Waals surface area contributed by atoms with Gasteiger partial charge in [0.05, 0.1) is 16.5 Å². The predicted octanol–water partition coefficient (Wildman–Crippen LogP) is 2.61. The third-order valence-corrected chi connectivity index (χ3v) is 3.89. The molecule has 1 heterocycles. The van der Waals surface area contributed by atoms with Crippen molar-refractivity contribution >= 4 is 21.9 Å². The Morgan fingerprint density at radius 2 is 1.95 bits per heavy atom. The molecule has 0 spiro atoms. The molecule has 2 unspecified atom stereocenters. The zero-order valence-corrected chi connectivity index (χ0v) is 12.9. The first-order valence-corrected chi connectivity index (χ1v) is 7.21. The van der Waals surface area contributed by atoms with Crippen LogP contribution in [-0.4, -0.2) is 29.4 Å². The Morgan fingerprint density at radius 3 is 2.55 bits per heavy atom. The second-order valence-electron chi connectivity index (χ2n) is 5.08. The lowest BCUT2D eigenvalue weighted by atomic mass is 9.86. The number of hydrogen-bond acceptors (Lipinski definition) is 4. The van der Waals surface area contributed by atoms with Gasteiger partial charge < -0.3 is 19.7 Å².